The van der Waals surface area contributed by atoms with Crippen LogP contribution < -0.4 is 15.4 Å². The van der Waals surface area contributed by atoms with Crippen LogP contribution in [-0.4, -0.2) is 61.9 Å². The molecule has 0 fully saturated rings. The van der Waals surface area contributed by atoms with Crippen LogP contribution in [0.4, 0.5) is 0 Å². The molecule has 1 amide bonds. The van der Waals surface area contributed by atoms with Gasteiger partial charge in [-0.1, -0.05) is 24.3 Å². The monoisotopic (exact) mass is 397 g/mol. The third kappa shape index (κ3) is 6.56. The van der Waals surface area contributed by atoms with Gasteiger partial charge in [-0.2, -0.15) is 0 Å². The first-order chi connectivity index (χ1) is 14.2. The van der Waals surface area contributed by atoms with Gasteiger partial charge in [-0.05, 0) is 61.8 Å². The number of ether oxygens (including phenoxy) is 1. The van der Waals surface area contributed by atoms with Gasteiger partial charge in [0, 0.05) is 31.7 Å². The van der Waals surface area contributed by atoms with Crippen LogP contribution >= 0.6 is 0 Å². The van der Waals surface area contributed by atoms with Gasteiger partial charge in [0.15, 0.2) is 0 Å². The first-order valence-electron chi connectivity index (χ1n) is 10.3. The molecule has 0 spiro atoms. The van der Waals surface area contributed by atoms with Crippen LogP contribution in [0.3, 0.4) is 0 Å². The van der Waals surface area contributed by atoms with Crippen LogP contribution in [0, 0.1) is 0 Å². The molecule has 3 N–H and O–H groups in total. The van der Waals surface area contributed by atoms with Gasteiger partial charge in [0.25, 0.3) is 5.91 Å². The lowest BCUT2D eigenvalue weighted by molar-refractivity contribution is 0.0842. The van der Waals surface area contributed by atoms with E-state index >= 15 is 0 Å². The van der Waals surface area contributed by atoms with Crippen molar-refractivity contribution >= 4 is 5.91 Å². The first-order valence-corrected chi connectivity index (χ1v) is 10.3. The molecule has 156 valence electrons. The number of benzene rings is 2. The minimum atomic E-state index is -0.598. The molecule has 3 rings (SSSR count). The molecule has 1 aliphatic rings. The third-order valence-corrected chi connectivity index (χ3v) is 5.13. The maximum absolute atomic E-state index is 12.3. The van der Waals surface area contributed by atoms with Gasteiger partial charge in [0.05, 0.1) is 12.7 Å². The Bertz CT molecular complexity index is 779. The summed E-state index contributed by atoms with van der Waals surface area (Å²) in [4.78, 5) is 14.6. The lowest BCUT2D eigenvalue weighted by Crippen LogP contribution is -2.42. The van der Waals surface area contributed by atoms with Crippen LogP contribution in [0.15, 0.2) is 48.5 Å². The molecule has 0 saturated carbocycles. The van der Waals surface area contributed by atoms with Crippen molar-refractivity contribution in [2.45, 2.75) is 25.5 Å². The van der Waals surface area contributed by atoms with Crippen LogP contribution in [-0.2, 0) is 13.0 Å². The van der Waals surface area contributed by atoms with Crippen molar-refractivity contribution < 1.29 is 14.6 Å². The summed E-state index contributed by atoms with van der Waals surface area (Å²) >= 11 is 0. The third-order valence-electron chi connectivity index (χ3n) is 5.13. The Labute approximate surface area is 172 Å². The maximum Gasteiger partial charge on any atom is 0.251 e. The number of amides is 1. The van der Waals surface area contributed by atoms with E-state index in [2.05, 4.69) is 39.8 Å². The largest absolute Gasteiger partial charge is 0.494 e. The number of β-amino-alcohol motifs (C(OH)–C–C–N with tert-alkyl or cyclic N) is 1. The second-order valence-electron chi connectivity index (χ2n) is 7.45. The van der Waals surface area contributed by atoms with Crippen molar-refractivity contribution in [2.24, 2.45) is 0 Å². The molecule has 2 aromatic rings. The molecule has 1 atom stereocenters. The topological polar surface area (TPSA) is 73.8 Å². The number of fused-ring (bicyclic) bond motifs is 1. The molecule has 1 aliphatic heterocycles. The predicted molar refractivity (Wildman–Crippen MR) is 114 cm³/mol. The molecular formula is C23H31N3O3. The number of nitrogens with one attached hydrogen (secondary N) is 2. The van der Waals surface area contributed by atoms with Crippen LogP contribution in [0.2, 0.25) is 0 Å². The van der Waals surface area contributed by atoms with E-state index in [1.807, 2.05) is 7.05 Å². The molecule has 2 aromatic carbocycles. The summed E-state index contributed by atoms with van der Waals surface area (Å²) in [6, 6.07) is 15.5. The summed E-state index contributed by atoms with van der Waals surface area (Å²) in [5, 5.41) is 16.2. The summed E-state index contributed by atoms with van der Waals surface area (Å²) in [5.74, 6) is 0.567. The molecule has 1 unspecified atom stereocenters. The Morgan fingerprint density at radius 1 is 1.17 bits per heavy atom. The summed E-state index contributed by atoms with van der Waals surface area (Å²) in [5.41, 5.74) is 3.27. The summed E-state index contributed by atoms with van der Waals surface area (Å²) in [7, 11) is 1.91. The number of carbonyl (C=O) groups excluding carboxylic acids is 1. The second kappa shape index (κ2) is 11.0. The molecule has 0 aromatic heterocycles. The Morgan fingerprint density at radius 2 is 1.93 bits per heavy atom. The van der Waals surface area contributed by atoms with Gasteiger partial charge in [-0.15, -0.1) is 0 Å². The minimum Gasteiger partial charge on any atom is -0.494 e. The van der Waals surface area contributed by atoms with Crippen molar-refractivity contribution in [3.8, 4) is 5.75 Å². The smallest absolute Gasteiger partial charge is 0.251 e. The van der Waals surface area contributed by atoms with Crippen molar-refractivity contribution in [1.29, 1.82) is 0 Å². The Kier molecular flexibility index (Phi) is 8.04. The second-order valence-corrected chi connectivity index (χ2v) is 7.45. The molecular weight excluding hydrogens is 366 g/mol. The highest BCUT2D eigenvalue weighted by molar-refractivity contribution is 5.94. The molecule has 1 heterocycles. The van der Waals surface area contributed by atoms with E-state index in [9.17, 15) is 9.90 Å². The van der Waals surface area contributed by atoms with Gasteiger partial charge < -0.3 is 20.5 Å². The quantitative estimate of drug-likeness (QED) is 0.534. The van der Waals surface area contributed by atoms with E-state index in [1.54, 1.807) is 24.3 Å². The van der Waals surface area contributed by atoms with Gasteiger partial charge in [-0.25, -0.2) is 0 Å². The number of nitrogens with zero attached hydrogens (tertiary/aromatic N) is 1. The fourth-order valence-electron chi connectivity index (χ4n) is 3.53. The zero-order valence-corrected chi connectivity index (χ0v) is 17.1. The molecule has 29 heavy (non-hydrogen) atoms. The van der Waals surface area contributed by atoms with Crippen molar-refractivity contribution in [3.63, 3.8) is 0 Å². The van der Waals surface area contributed by atoms with Crippen LogP contribution in [0.5, 0.6) is 5.75 Å². The first kappa shape index (κ1) is 21.3. The van der Waals surface area contributed by atoms with Gasteiger partial charge >= 0.3 is 0 Å². The van der Waals surface area contributed by atoms with Crippen LogP contribution in [0.1, 0.15) is 27.9 Å². The Morgan fingerprint density at radius 3 is 2.69 bits per heavy atom. The number of carbonyl (C=O) groups is 1. The number of hydrogen-bond donors (Lipinski definition) is 3. The Hall–Kier alpha value is -2.41. The zero-order valence-electron chi connectivity index (χ0n) is 17.1. The molecule has 0 bridgehead atoms. The molecule has 6 nitrogen and oxygen atoms in total. The van der Waals surface area contributed by atoms with Crippen molar-refractivity contribution in [1.82, 2.24) is 15.5 Å². The summed E-state index contributed by atoms with van der Waals surface area (Å²) < 4.78 is 5.63. The summed E-state index contributed by atoms with van der Waals surface area (Å²) in [6.45, 7) is 4.11. The van der Waals surface area contributed by atoms with E-state index < -0.39 is 6.10 Å². The van der Waals surface area contributed by atoms with E-state index in [1.165, 1.54) is 11.1 Å². The fourth-order valence-corrected chi connectivity index (χ4v) is 3.53. The van der Waals surface area contributed by atoms with Gasteiger partial charge in [0.1, 0.15) is 5.75 Å². The summed E-state index contributed by atoms with van der Waals surface area (Å²) in [6.07, 6.45) is 1.33. The molecule has 0 radical (unpaired) electrons. The van der Waals surface area contributed by atoms with Crippen molar-refractivity contribution in [2.75, 3.05) is 39.8 Å². The van der Waals surface area contributed by atoms with E-state index in [-0.39, 0.29) is 12.5 Å². The van der Waals surface area contributed by atoms with E-state index in [4.69, 9.17) is 4.74 Å². The number of aliphatic hydroxyl groups is 1. The number of hydrogen-bond acceptors (Lipinski definition) is 5. The number of aliphatic hydroxyl groups excluding tert-OH is 1. The fraction of sp³-hybridized carbons (Fsp3) is 0.435. The van der Waals surface area contributed by atoms with Gasteiger partial charge in [-0.3, -0.25) is 9.69 Å². The Balaban J connectivity index is 1.39. The average molecular weight is 398 g/mol. The highest BCUT2D eigenvalue weighted by atomic mass is 16.5. The van der Waals surface area contributed by atoms with Crippen LogP contribution in [0.25, 0.3) is 0 Å². The van der Waals surface area contributed by atoms with Crippen molar-refractivity contribution in [3.05, 3.63) is 65.2 Å². The maximum atomic E-state index is 12.3. The van der Waals surface area contributed by atoms with E-state index in [0.717, 1.165) is 38.2 Å². The minimum absolute atomic E-state index is 0.185. The highest BCUT2D eigenvalue weighted by Gasteiger charge is 2.19. The standard InChI is InChI=1S/C23H31N3O3/c1-24-12-4-14-29-22-9-7-19(8-10-22)23(28)25-15-21(27)17-26-13-11-18-5-2-3-6-20(18)16-26/h2-3,5-10,21,24,27H,4,11-17H2,1H3,(H,25,28). The highest BCUT2D eigenvalue weighted by Crippen LogP contribution is 2.18. The van der Waals surface area contributed by atoms with E-state index in [0.29, 0.717) is 18.7 Å². The predicted octanol–water partition coefficient (Wildman–Crippen LogP) is 1.82. The molecule has 6 heteroatoms. The SMILES string of the molecule is CNCCCOc1ccc(C(=O)NCC(O)CN2CCc3ccccc3C2)cc1. The van der Waals surface area contributed by atoms with Gasteiger partial charge in [0.2, 0.25) is 0 Å². The lowest BCUT2D eigenvalue weighted by atomic mass is 10.00. The zero-order chi connectivity index (χ0) is 20.5. The lowest BCUT2D eigenvalue weighted by Gasteiger charge is -2.30. The molecule has 0 aliphatic carbocycles. The normalized spacial score (nSPS) is 14.8. The number of rotatable bonds is 10. The average Bonchev–Trinajstić information content (AvgIpc) is 2.75. The molecule has 0 saturated heterocycles.